The second-order valence-corrected chi connectivity index (χ2v) is 5.56. The third kappa shape index (κ3) is 5.87. The summed E-state index contributed by atoms with van der Waals surface area (Å²) < 4.78 is 0. The molecule has 0 amide bonds. The van der Waals surface area contributed by atoms with Crippen LogP contribution in [0.5, 0.6) is 0 Å². The topological polar surface area (TPSA) is 15.3 Å². The van der Waals surface area contributed by atoms with Crippen LogP contribution in [0.3, 0.4) is 0 Å². The molecule has 0 aliphatic rings. The van der Waals surface area contributed by atoms with Crippen LogP contribution in [0.4, 0.5) is 0 Å². The predicted molar refractivity (Wildman–Crippen MR) is 78.6 cm³/mol. The summed E-state index contributed by atoms with van der Waals surface area (Å²) in [6.07, 6.45) is 5.00. The highest BCUT2D eigenvalue weighted by atomic mass is 15.1. The minimum atomic E-state index is 0.452. The molecule has 104 valence electrons. The van der Waals surface area contributed by atoms with E-state index in [0.29, 0.717) is 11.5 Å². The Morgan fingerprint density at radius 2 is 1.71 bits per heavy atom. The molecule has 0 bridgehead atoms. The lowest BCUT2D eigenvalue weighted by atomic mass is 9.81. The fraction of sp³-hybridized carbons (Fsp3) is 1.00. The maximum absolute atomic E-state index is 3.61. The fourth-order valence-electron chi connectivity index (χ4n) is 2.31. The Morgan fingerprint density at radius 1 is 1.12 bits per heavy atom. The molecule has 0 aliphatic heterocycles. The highest BCUT2D eigenvalue weighted by Gasteiger charge is 2.28. The van der Waals surface area contributed by atoms with Gasteiger partial charge >= 0.3 is 0 Å². The first kappa shape index (κ1) is 16.9. The lowest BCUT2D eigenvalue weighted by molar-refractivity contribution is 0.126. The van der Waals surface area contributed by atoms with Crippen molar-refractivity contribution in [2.75, 3.05) is 26.7 Å². The highest BCUT2D eigenvalue weighted by Crippen LogP contribution is 2.27. The Kier molecular flexibility index (Phi) is 8.89. The molecule has 0 aromatic carbocycles. The zero-order valence-corrected chi connectivity index (χ0v) is 13.0. The van der Waals surface area contributed by atoms with Crippen LogP contribution in [-0.4, -0.2) is 37.6 Å². The predicted octanol–water partition coefficient (Wildman–Crippen LogP) is 3.52. The van der Waals surface area contributed by atoms with Crippen molar-refractivity contribution in [2.24, 2.45) is 5.41 Å². The quantitative estimate of drug-likeness (QED) is 0.590. The number of hydrogen-bond donors (Lipinski definition) is 1. The lowest BCUT2D eigenvalue weighted by Crippen LogP contribution is -2.45. The van der Waals surface area contributed by atoms with Crippen LogP contribution in [-0.2, 0) is 0 Å². The smallest absolute Gasteiger partial charge is 0.00614 e. The van der Waals surface area contributed by atoms with Gasteiger partial charge in [0.15, 0.2) is 0 Å². The monoisotopic (exact) mass is 242 g/mol. The largest absolute Gasteiger partial charge is 0.316 e. The summed E-state index contributed by atoms with van der Waals surface area (Å²) in [5, 5.41) is 3.61. The van der Waals surface area contributed by atoms with E-state index in [9.17, 15) is 0 Å². The van der Waals surface area contributed by atoms with Crippen LogP contribution in [0, 0.1) is 5.41 Å². The van der Waals surface area contributed by atoms with Gasteiger partial charge < -0.3 is 10.2 Å². The van der Waals surface area contributed by atoms with Gasteiger partial charge in [0.25, 0.3) is 0 Å². The zero-order chi connectivity index (χ0) is 13.3. The second kappa shape index (κ2) is 8.93. The molecule has 0 saturated carbocycles. The molecule has 0 aromatic rings. The molecule has 0 fully saturated rings. The van der Waals surface area contributed by atoms with Gasteiger partial charge in [0.2, 0.25) is 0 Å². The summed E-state index contributed by atoms with van der Waals surface area (Å²) in [6, 6.07) is 0.693. The summed E-state index contributed by atoms with van der Waals surface area (Å²) in [6.45, 7) is 15.0. The van der Waals surface area contributed by atoms with Crippen molar-refractivity contribution in [3.8, 4) is 0 Å². The van der Waals surface area contributed by atoms with Crippen molar-refractivity contribution in [1.82, 2.24) is 10.2 Å². The van der Waals surface area contributed by atoms with Gasteiger partial charge in [-0.1, -0.05) is 27.7 Å². The van der Waals surface area contributed by atoms with Crippen molar-refractivity contribution in [3.63, 3.8) is 0 Å². The number of hydrogen-bond acceptors (Lipinski definition) is 2. The summed E-state index contributed by atoms with van der Waals surface area (Å²) in [7, 11) is 2.27. The molecule has 0 radical (unpaired) electrons. The molecule has 0 saturated heterocycles. The van der Waals surface area contributed by atoms with Crippen molar-refractivity contribution >= 4 is 0 Å². The van der Waals surface area contributed by atoms with Crippen LogP contribution in [0.25, 0.3) is 0 Å². The second-order valence-electron chi connectivity index (χ2n) is 5.56. The zero-order valence-electron chi connectivity index (χ0n) is 13.0. The van der Waals surface area contributed by atoms with E-state index in [-0.39, 0.29) is 0 Å². The molecule has 0 rings (SSSR count). The lowest BCUT2D eigenvalue weighted by Gasteiger charge is -2.38. The van der Waals surface area contributed by atoms with Crippen molar-refractivity contribution in [2.45, 2.75) is 66.3 Å². The van der Waals surface area contributed by atoms with E-state index in [1.807, 2.05) is 0 Å². The molecule has 2 heteroatoms. The minimum absolute atomic E-state index is 0.452. The number of nitrogens with zero attached hydrogens (tertiary/aromatic N) is 1. The van der Waals surface area contributed by atoms with Crippen molar-refractivity contribution in [1.29, 1.82) is 0 Å². The van der Waals surface area contributed by atoms with Gasteiger partial charge in [-0.2, -0.15) is 0 Å². The summed E-state index contributed by atoms with van der Waals surface area (Å²) in [4.78, 5) is 2.53. The summed E-state index contributed by atoms with van der Waals surface area (Å²) in [5.74, 6) is 0. The van der Waals surface area contributed by atoms with Crippen molar-refractivity contribution < 1.29 is 0 Å². The summed E-state index contributed by atoms with van der Waals surface area (Å²) >= 11 is 0. The molecular formula is C15H34N2. The molecule has 0 aromatic heterocycles. The maximum atomic E-state index is 3.61. The minimum Gasteiger partial charge on any atom is -0.316 e. The SMILES string of the molecule is CCCNCC(CC)(CC)CN(C)C(C)CC. The van der Waals surface area contributed by atoms with E-state index in [1.165, 1.54) is 32.2 Å². The Balaban J connectivity index is 4.37. The first-order valence-electron chi connectivity index (χ1n) is 7.46. The average Bonchev–Trinajstić information content (AvgIpc) is 2.36. The van der Waals surface area contributed by atoms with Gasteiger partial charge in [0, 0.05) is 19.1 Å². The van der Waals surface area contributed by atoms with Gasteiger partial charge in [-0.15, -0.1) is 0 Å². The first-order valence-corrected chi connectivity index (χ1v) is 7.46. The van der Waals surface area contributed by atoms with E-state index in [4.69, 9.17) is 0 Å². The van der Waals surface area contributed by atoms with Crippen LogP contribution in [0.15, 0.2) is 0 Å². The molecule has 1 N–H and O–H groups in total. The molecular weight excluding hydrogens is 208 g/mol. The van der Waals surface area contributed by atoms with Gasteiger partial charge in [0.05, 0.1) is 0 Å². The van der Waals surface area contributed by atoms with Gasteiger partial charge in [-0.05, 0) is 51.6 Å². The maximum Gasteiger partial charge on any atom is 0.00614 e. The third-order valence-corrected chi connectivity index (χ3v) is 4.35. The standard InChI is InChI=1S/C15H34N2/c1-7-11-16-12-15(9-3,10-4)13-17(6)14(5)8-2/h14,16H,7-13H2,1-6H3. The third-order valence-electron chi connectivity index (χ3n) is 4.35. The van der Waals surface area contributed by atoms with Gasteiger partial charge in [-0.3, -0.25) is 0 Å². The number of nitrogens with one attached hydrogen (secondary N) is 1. The highest BCUT2D eigenvalue weighted by molar-refractivity contribution is 4.83. The molecule has 0 heterocycles. The molecule has 2 nitrogen and oxygen atoms in total. The van der Waals surface area contributed by atoms with Gasteiger partial charge in [0.1, 0.15) is 0 Å². The van der Waals surface area contributed by atoms with E-state index >= 15 is 0 Å². The van der Waals surface area contributed by atoms with Gasteiger partial charge in [-0.25, -0.2) is 0 Å². The molecule has 1 atom stereocenters. The Hall–Kier alpha value is -0.0800. The van der Waals surface area contributed by atoms with E-state index in [2.05, 4.69) is 51.9 Å². The van der Waals surface area contributed by atoms with Crippen LogP contribution >= 0.6 is 0 Å². The molecule has 17 heavy (non-hydrogen) atoms. The number of rotatable bonds is 10. The Bertz CT molecular complexity index is 176. The van der Waals surface area contributed by atoms with Crippen LogP contribution in [0.1, 0.15) is 60.3 Å². The Morgan fingerprint density at radius 3 is 2.12 bits per heavy atom. The molecule has 1 unspecified atom stereocenters. The first-order chi connectivity index (χ1) is 8.05. The van der Waals surface area contributed by atoms with E-state index < -0.39 is 0 Å². The van der Waals surface area contributed by atoms with E-state index in [0.717, 1.165) is 13.1 Å². The average molecular weight is 242 g/mol. The molecule has 0 spiro atoms. The fourth-order valence-corrected chi connectivity index (χ4v) is 2.31. The van der Waals surface area contributed by atoms with Crippen molar-refractivity contribution in [3.05, 3.63) is 0 Å². The summed E-state index contributed by atoms with van der Waals surface area (Å²) in [5.41, 5.74) is 0.452. The van der Waals surface area contributed by atoms with Crippen LogP contribution < -0.4 is 5.32 Å². The van der Waals surface area contributed by atoms with E-state index in [1.54, 1.807) is 0 Å². The Labute approximate surface area is 109 Å². The normalized spacial score (nSPS) is 14.3. The molecule has 0 aliphatic carbocycles. The van der Waals surface area contributed by atoms with Crippen LogP contribution in [0.2, 0.25) is 0 Å².